The lowest BCUT2D eigenvalue weighted by atomic mass is 10.2. The topological polar surface area (TPSA) is 60.0 Å². The lowest BCUT2D eigenvalue weighted by molar-refractivity contribution is 0.480. The maximum absolute atomic E-state index is 12.9. The first-order chi connectivity index (χ1) is 13.2. The minimum Gasteiger partial charge on any atom is -0.457 e. The molecule has 0 bridgehead atoms. The molecule has 0 radical (unpaired) electrons. The second kappa shape index (κ2) is 9.54. The highest BCUT2D eigenvalue weighted by Gasteiger charge is 1.99. The van der Waals surface area contributed by atoms with Crippen molar-refractivity contribution in [1.82, 2.24) is 0 Å². The molecule has 0 saturated heterocycles. The van der Waals surface area contributed by atoms with E-state index in [9.17, 15) is 4.39 Å². The fraction of sp³-hybridized carbons (Fsp3) is 0.0476. The van der Waals surface area contributed by atoms with E-state index in [2.05, 4.69) is 10.2 Å². The van der Waals surface area contributed by atoms with Crippen molar-refractivity contribution < 1.29 is 9.13 Å². The Balaban J connectivity index is 1.57. The summed E-state index contributed by atoms with van der Waals surface area (Å²) in [6, 6.07) is 23.2. The number of benzene rings is 3. The molecule has 0 unspecified atom stereocenters. The molecule has 0 aromatic heterocycles. The Morgan fingerprint density at radius 3 is 2.52 bits per heavy atom. The fourth-order valence-corrected chi connectivity index (χ4v) is 2.82. The van der Waals surface area contributed by atoms with Crippen LogP contribution in [0.15, 0.2) is 89.1 Å². The number of nitrogens with two attached hydrogens (primary N) is 1. The second-order valence-corrected chi connectivity index (χ2v) is 6.58. The quantitative estimate of drug-likeness (QED) is 0.364. The van der Waals surface area contributed by atoms with Crippen molar-refractivity contribution in [3.8, 4) is 11.5 Å². The summed E-state index contributed by atoms with van der Waals surface area (Å²) in [6.45, 7) is 0. The molecule has 6 heteroatoms. The van der Waals surface area contributed by atoms with E-state index < -0.39 is 0 Å². The van der Waals surface area contributed by atoms with Gasteiger partial charge in [0, 0.05) is 5.75 Å². The third-order valence-corrected chi connectivity index (χ3v) is 4.36. The van der Waals surface area contributed by atoms with Crippen LogP contribution in [0, 0.1) is 5.82 Å². The third-order valence-electron chi connectivity index (χ3n) is 3.50. The highest BCUT2D eigenvalue weighted by molar-refractivity contribution is 8.13. The van der Waals surface area contributed by atoms with Crippen molar-refractivity contribution >= 4 is 23.1 Å². The van der Waals surface area contributed by atoms with Gasteiger partial charge in [-0.3, -0.25) is 0 Å². The standard InChI is InChI=1S/C21H18FN3OS/c22-18-9-11-19(12-10-18)26-20-8-4-7-17(13-20)14-24-25-21(23)27-15-16-5-2-1-3-6-16/h1-14H,15H2,(H2,23,25). The van der Waals surface area contributed by atoms with Crippen LogP contribution < -0.4 is 10.5 Å². The van der Waals surface area contributed by atoms with Crippen LogP contribution in [-0.4, -0.2) is 11.4 Å². The van der Waals surface area contributed by atoms with Gasteiger partial charge in [-0.1, -0.05) is 54.2 Å². The Labute approximate surface area is 161 Å². The predicted molar refractivity (Wildman–Crippen MR) is 110 cm³/mol. The number of amidine groups is 1. The normalized spacial score (nSPS) is 11.7. The number of nitrogens with zero attached hydrogens (tertiary/aromatic N) is 2. The number of ether oxygens (including phenoxy) is 1. The van der Waals surface area contributed by atoms with Gasteiger partial charge in [-0.2, -0.15) is 5.10 Å². The number of hydrogen-bond acceptors (Lipinski definition) is 4. The minimum atomic E-state index is -0.302. The van der Waals surface area contributed by atoms with Gasteiger partial charge in [-0.15, -0.1) is 5.10 Å². The predicted octanol–water partition coefficient (Wildman–Crippen LogP) is 5.20. The molecule has 0 heterocycles. The molecule has 3 aromatic carbocycles. The first-order valence-electron chi connectivity index (χ1n) is 8.26. The Hall–Kier alpha value is -3.12. The molecule has 0 aliphatic heterocycles. The molecule has 0 aliphatic carbocycles. The molecule has 27 heavy (non-hydrogen) atoms. The van der Waals surface area contributed by atoms with Gasteiger partial charge < -0.3 is 10.5 Å². The van der Waals surface area contributed by atoms with Gasteiger partial charge in [-0.25, -0.2) is 4.39 Å². The van der Waals surface area contributed by atoms with E-state index in [0.29, 0.717) is 16.7 Å². The van der Waals surface area contributed by atoms with Crippen LogP contribution >= 0.6 is 11.8 Å². The van der Waals surface area contributed by atoms with Crippen LogP contribution in [0.2, 0.25) is 0 Å². The number of thioether (sulfide) groups is 1. The summed E-state index contributed by atoms with van der Waals surface area (Å²) in [4.78, 5) is 0. The maximum atomic E-state index is 12.9. The number of hydrogen-bond donors (Lipinski definition) is 1. The molecule has 0 saturated carbocycles. The van der Waals surface area contributed by atoms with Crippen LogP contribution in [0.5, 0.6) is 11.5 Å². The van der Waals surface area contributed by atoms with Gasteiger partial charge in [0.05, 0.1) is 6.21 Å². The average Bonchev–Trinajstić information content (AvgIpc) is 2.69. The van der Waals surface area contributed by atoms with E-state index in [1.165, 1.54) is 29.5 Å². The summed E-state index contributed by atoms with van der Waals surface area (Å²) in [5.74, 6) is 1.63. The van der Waals surface area contributed by atoms with Crippen LogP contribution in [-0.2, 0) is 5.75 Å². The van der Waals surface area contributed by atoms with Gasteiger partial charge in [0.1, 0.15) is 17.3 Å². The van der Waals surface area contributed by atoms with E-state index in [-0.39, 0.29) is 5.82 Å². The molecule has 0 atom stereocenters. The molecule has 0 aliphatic rings. The van der Waals surface area contributed by atoms with Crippen molar-refractivity contribution in [1.29, 1.82) is 0 Å². The van der Waals surface area contributed by atoms with E-state index in [0.717, 1.165) is 11.3 Å². The molecular weight excluding hydrogens is 361 g/mol. The van der Waals surface area contributed by atoms with E-state index in [1.807, 2.05) is 54.6 Å². The van der Waals surface area contributed by atoms with Gasteiger partial charge in [0.25, 0.3) is 0 Å². The van der Waals surface area contributed by atoms with Gasteiger partial charge in [0.15, 0.2) is 5.17 Å². The summed E-state index contributed by atoms with van der Waals surface area (Å²) in [6.07, 6.45) is 1.60. The van der Waals surface area contributed by atoms with Crippen molar-refractivity contribution in [2.45, 2.75) is 5.75 Å². The molecule has 0 amide bonds. The summed E-state index contributed by atoms with van der Waals surface area (Å²) < 4.78 is 18.6. The van der Waals surface area contributed by atoms with Crippen LogP contribution in [0.4, 0.5) is 4.39 Å². The smallest absolute Gasteiger partial charge is 0.180 e. The fourth-order valence-electron chi connectivity index (χ4n) is 2.21. The maximum Gasteiger partial charge on any atom is 0.180 e. The van der Waals surface area contributed by atoms with Gasteiger partial charge in [-0.05, 0) is 47.5 Å². The van der Waals surface area contributed by atoms with Crippen molar-refractivity contribution in [2.24, 2.45) is 15.9 Å². The summed E-state index contributed by atoms with van der Waals surface area (Å²) >= 11 is 1.43. The Morgan fingerprint density at radius 2 is 1.74 bits per heavy atom. The minimum absolute atomic E-state index is 0.302. The largest absolute Gasteiger partial charge is 0.457 e. The van der Waals surface area contributed by atoms with Crippen LogP contribution in [0.3, 0.4) is 0 Å². The molecule has 3 aromatic rings. The van der Waals surface area contributed by atoms with Crippen molar-refractivity contribution in [3.63, 3.8) is 0 Å². The average molecular weight is 379 g/mol. The molecule has 2 N–H and O–H groups in total. The highest BCUT2D eigenvalue weighted by atomic mass is 32.2. The van der Waals surface area contributed by atoms with Crippen LogP contribution in [0.1, 0.15) is 11.1 Å². The molecule has 4 nitrogen and oxygen atoms in total. The molecule has 0 fully saturated rings. The van der Waals surface area contributed by atoms with Crippen molar-refractivity contribution in [2.75, 3.05) is 0 Å². The van der Waals surface area contributed by atoms with Crippen LogP contribution in [0.25, 0.3) is 0 Å². The Bertz CT molecular complexity index is 928. The highest BCUT2D eigenvalue weighted by Crippen LogP contribution is 2.22. The monoisotopic (exact) mass is 379 g/mol. The van der Waals surface area contributed by atoms with Gasteiger partial charge in [0.2, 0.25) is 0 Å². The SMILES string of the molecule is NC(=NN=Cc1cccc(Oc2ccc(F)cc2)c1)SCc1ccccc1. The first kappa shape index (κ1) is 18.7. The second-order valence-electron chi connectivity index (χ2n) is 5.59. The number of rotatable bonds is 6. The summed E-state index contributed by atoms with van der Waals surface area (Å²) in [5.41, 5.74) is 7.87. The molecule has 0 spiro atoms. The zero-order valence-electron chi connectivity index (χ0n) is 14.5. The first-order valence-corrected chi connectivity index (χ1v) is 9.24. The summed E-state index contributed by atoms with van der Waals surface area (Å²) in [5, 5.41) is 8.42. The Morgan fingerprint density at radius 1 is 0.963 bits per heavy atom. The van der Waals surface area contributed by atoms with E-state index in [1.54, 1.807) is 18.3 Å². The summed E-state index contributed by atoms with van der Waals surface area (Å²) in [7, 11) is 0. The van der Waals surface area contributed by atoms with E-state index >= 15 is 0 Å². The number of halogens is 1. The van der Waals surface area contributed by atoms with Gasteiger partial charge >= 0.3 is 0 Å². The van der Waals surface area contributed by atoms with E-state index in [4.69, 9.17) is 10.5 Å². The lowest BCUT2D eigenvalue weighted by Crippen LogP contribution is -2.05. The Kier molecular flexibility index (Phi) is 6.60. The molecular formula is C21H18FN3OS. The molecule has 136 valence electrons. The molecule has 3 rings (SSSR count). The zero-order chi connectivity index (χ0) is 18.9. The zero-order valence-corrected chi connectivity index (χ0v) is 15.3. The lowest BCUT2D eigenvalue weighted by Gasteiger charge is -2.05. The third kappa shape index (κ3) is 6.27. The van der Waals surface area contributed by atoms with Crippen molar-refractivity contribution in [3.05, 3.63) is 95.8 Å².